The van der Waals surface area contributed by atoms with Crippen molar-refractivity contribution < 1.29 is 4.79 Å². The van der Waals surface area contributed by atoms with Crippen LogP contribution in [0.4, 0.5) is 5.13 Å². The summed E-state index contributed by atoms with van der Waals surface area (Å²) in [6.07, 6.45) is 1.83. The third-order valence-corrected chi connectivity index (χ3v) is 4.22. The summed E-state index contributed by atoms with van der Waals surface area (Å²) in [5, 5.41) is 0.609. The summed E-state index contributed by atoms with van der Waals surface area (Å²) in [4.78, 5) is 21.0. The number of hydrogen-bond donors (Lipinski definition) is 1. The van der Waals surface area contributed by atoms with Crippen LogP contribution in [0.15, 0.2) is 30.5 Å². The minimum Gasteiger partial charge on any atom is -0.375 e. The Balaban J connectivity index is 0.00000264. The SMILES string of the molecule is CCN(Cc1ccc(C(=O)N(C)C)cc1)Cc1cnc(N)s1.Cl. The van der Waals surface area contributed by atoms with Gasteiger partial charge in [-0.2, -0.15) is 0 Å². The van der Waals surface area contributed by atoms with E-state index in [1.807, 2.05) is 30.5 Å². The number of thiazole rings is 1. The molecule has 2 N–H and O–H groups in total. The molecule has 0 atom stereocenters. The number of aromatic nitrogens is 1. The number of nitrogen functional groups attached to an aromatic ring is 1. The fourth-order valence-electron chi connectivity index (χ4n) is 2.16. The Kier molecular flexibility index (Phi) is 7.48. The summed E-state index contributed by atoms with van der Waals surface area (Å²) in [6, 6.07) is 7.80. The normalized spacial score (nSPS) is 10.4. The van der Waals surface area contributed by atoms with E-state index in [1.165, 1.54) is 21.8 Å². The van der Waals surface area contributed by atoms with Crippen molar-refractivity contribution in [1.82, 2.24) is 14.8 Å². The van der Waals surface area contributed by atoms with Crippen LogP contribution >= 0.6 is 23.7 Å². The van der Waals surface area contributed by atoms with Crippen molar-refractivity contribution in [3.8, 4) is 0 Å². The minimum atomic E-state index is 0. The molecule has 1 amide bonds. The molecule has 0 bridgehead atoms. The molecule has 0 aliphatic rings. The molecule has 0 saturated carbocycles. The van der Waals surface area contributed by atoms with E-state index < -0.39 is 0 Å². The largest absolute Gasteiger partial charge is 0.375 e. The number of nitrogens with two attached hydrogens (primary N) is 1. The van der Waals surface area contributed by atoms with E-state index in [0.717, 1.165) is 19.6 Å². The first-order valence-corrected chi connectivity index (χ1v) is 8.04. The fraction of sp³-hybridized carbons (Fsp3) is 0.375. The predicted molar refractivity (Wildman–Crippen MR) is 98.0 cm³/mol. The van der Waals surface area contributed by atoms with Crippen molar-refractivity contribution in [2.24, 2.45) is 0 Å². The lowest BCUT2D eigenvalue weighted by molar-refractivity contribution is 0.0827. The number of anilines is 1. The second-order valence-corrected chi connectivity index (χ2v) is 6.51. The number of benzene rings is 1. The molecule has 1 aromatic heterocycles. The lowest BCUT2D eigenvalue weighted by atomic mass is 10.1. The van der Waals surface area contributed by atoms with Crippen molar-refractivity contribution in [3.63, 3.8) is 0 Å². The van der Waals surface area contributed by atoms with Crippen LogP contribution in [-0.2, 0) is 13.1 Å². The molecule has 0 fully saturated rings. The van der Waals surface area contributed by atoms with E-state index >= 15 is 0 Å². The number of hydrogen-bond acceptors (Lipinski definition) is 5. The number of halogens is 1. The highest BCUT2D eigenvalue weighted by Crippen LogP contribution is 2.18. The van der Waals surface area contributed by atoms with Gasteiger partial charge in [0.15, 0.2) is 5.13 Å². The van der Waals surface area contributed by atoms with Gasteiger partial charge in [-0.3, -0.25) is 9.69 Å². The molecular weight excluding hydrogens is 332 g/mol. The second kappa shape index (κ2) is 8.86. The number of nitrogens with zero attached hydrogens (tertiary/aromatic N) is 3. The van der Waals surface area contributed by atoms with Crippen LogP contribution in [0.25, 0.3) is 0 Å². The average molecular weight is 355 g/mol. The maximum absolute atomic E-state index is 11.9. The molecule has 2 aromatic rings. The fourth-order valence-corrected chi connectivity index (χ4v) is 2.89. The van der Waals surface area contributed by atoms with E-state index in [1.54, 1.807) is 19.0 Å². The quantitative estimate of drug-likeness (QED) is 0.866. The maximum Gasteiger partial charge on any atom is 0.253 e. The lowest BCUT2D eigenvalue weighted by Crippen LogP contribution is -2.23. The van der Waals surface area contributed by atoms with Crippen LogP contribution in [0.2, 0.25) is 0 Å². The maximum atomic E-state index is 11.9. The Morgan fingerprint density at radius 3 is 2.35 bits per heavy atom. The van der Waals surface area contributed by atoms with Gasteiger partial charge in [-0.25, -0.2) is 4.98 Å². The standard InChI is InChI=1S/C16H22N4OS.ClH/c1-4-20(11-14-9-18-16(17)22-14)10-12-5-7-13(8-6-12)15(21)19(2)3;/h5-9H,4,10-11H2,1-3H3,(H2,17,18);1H. The Morgan fingerprint density at radius 2 is 1.87 bits per heavy atom. The van der Waals surface area contributed by atoms with Gasteiger partial charge >= 0.3 is 0 Å². The van der Waals surface area contributed by atoms with Gasteiger partial charge in [-0.1, -0.05) is 19.1 Å². The Hall–Kier alpha value is -1.63. The van der Waals surface area contributed by atoms with Gasteiger partial charge in [-0.15, -0.1) is 23.7 Å². The molecule has 1 aromatic carbocycles. The molecule has 0 radical (unpaired) electrons. The molecule has 126 valence electrons. The van der Waals surface area contributed by atoms with Gasteiger partial charge in [0.2, 0.25) is 0 Å². The highest BCUT2D eigenvalue weighted by atomic mass is 35.5. The second-order valence-electron chi connectivity index (χ2n) is 5.36. The van der Waals surface area contributed by atoms with Gasteiger partial charge in [0.25, 0.3) is 5.91 Å². The summed E-state index contributed by atoms with van der Waals surface area (Å²) in [5.74, 6) is 0.0269. The summed E-state index contributed by atoms with van der Waals surface area (Å²) in [6.45, 7) is 4.75. The van der Waals surface area contributed by atoms with E-state index in [0.29, 0.717) is 10.7 Å². The topological polar surface area (TPSA) is 62.5 Å². The number of carbonyl (C=O) groups is 1. The van der Waals surface area contributed by atoms with Crippen molar-refractivity contribution in [1.29, 1.82) is 0 Å². The lowest BCUT2D eigenvalue weighted by Gasteiger charge is -2.19. The minimum absolute atomic E-state index is 0. The molecule has 0 saturated heterocycles. The number of amides is 1. The van der Waals surface area contributed by atoms with Crippen LogP contribution < -0.4 is 5.73 Å². The Labute approximate surface area is 147 Å². The van der Waals surface area contributed by atoms with Gasteiger partial charge < -0.3 is 10.6 Å². The van der Waals surface area contributed by atoms with Crippen molar-refractivity contribution in [3.05, 3.63) is 46.5 Å². The zero-order chi connectivity index (χ0) is 16.1. The molecule has 0 unspecified atom stereocenters. The smallest absolute Gasteiger partial charge is 0.253 e. The van der Waals surface area contributed by atoms with Crippen molar-refractivity contribution >= 4 is 34.8 Å². The number of carbonyl (C=O) groups excluding carboxylic acids is 1. The van der Waals surface area contributed by atoms with Crippen LogP contribution in [0.5, 0.6) is 0 Å². The molecule has 23 heavy (non-hydrogen) atoms. The Bertz CT molecular complexity index is 627. The van der Waals surface area contributed by atoms with Gasteiger partial charge in [0.05, 0.1) is 0 Å². The first-order valence-electron chi connectivity index (χ1n) is 7.22. The van der Waals surface area contributed by atoms with Crippen LogP contribution in [0.1, 0.15) is 27.7 Å². The number of rotatable bonds is 6. The van der Waals surface area contributed by atoms with E-state index in [-0.39, 0.29) is 18.3 Å². The van der Waals surface area contributed by atoms with E-state index in [2.05, 4.69) is 16.8 Å². The summed E-state index contributed by atoms with van der Waals surface area (Å²) >= 11 is 1.53. The summed E-state index contributed by atoms with van der Waals surface area (Å²) < 4.78 is 0. The Morgan fingerprint density at radius 1 is 1.22 bits per heavy atom. The van der Waals surface area contributed by atoms with Crippen LogP contribution in [-0.4, -0.2) is 41.3 Å². The first kappa shape index (κ1) is 19.4. The molecule has 0 spiro atoms. The van der Waals surface area contributed by atoms with E-state index in [4.69, 9.17) is 5.73 Å². The van der Waals surface area contributed by atoms with Crippen LogP contribution in [0.3, 0.4) is 0 Å². The highest BCUT2D eigenvalue weighted by Gasteiger charge is 2.10. The highest BCUT2D eigenvalue weighted by molar-refractivity contribution is 7.15. The third-order valence-electron chi connectivity index (χ3n) is 3.41. The third kappa shape index (κ3) is 5.49. The zero-order valence-electron chi connectivity index (χ0n) is 13.7. The van der Waals surface area contributed by atoms with Gasteiger partial charge in [0, 0.05) is 43.8 Å². The molecule has 0 aliphatic heterocycles. The van der Waals surface area contributed by atoms with Crippen LogP contribution in [0, 0.1) is 0 Å². The molecule has 7 heteroatoms. The average Bonchev–Trinajstić information content (AvgIpc) is 2.91. The summed E-state index contributed by atoms with van der Waals surface area (Å²) in [7, 11) is 3.52. The van der Waals surface area contributed by atoms with Gasteiger partial charge in [0.1, 0.15) is 0 Å². The molecule has 2 rings (SSSR count). The van der Waals surface area contributed by atoms with Crippen molar-refractivity contribution in [2.75, 3.05) is 26.4 Å². The monoisotopic (exact) mass is 354 g/mol. The first-order chi connectivity index (χ1) is 10.5. The van der Waals surface area contributed by atoms with Crippen molar-refractivity contribution in [2.45, 2.75) is 20.0 Å². The van der Waals surface area contributed by atoms with Gasteiger partial charge in [-0.05, 0) is 24.2 Å². The summed E-state index contributed by atoms with van der Waals surface area (Å²) in [5.41, 5.74) is 7.58. The zero-order valence-corrected chi connectivity index (χ0v) is 15.3. The predicted octanol–water partition coefficient (Wildman–Crippen LogP) is 2.87. The van der Waals surface area contributed by atoms with E-state index in [9.17, 15) is 4.79 Å². The molecule has 5 nitrogen and oxygen atoms in total. The molecular formula is C16H23ClN4OS. The molecule has 1 heterocycles. The molecule has 0 aliphatic carbocycles.